The molecule has 0 bridgehead atoms. The highest BCUT2D eigenvalue weighted by atomic mass is 32.1. The van der Waals surface area contributed by atoms with E-state index in [-0.39, 0.29) is 5.91 Å². The van der Waals surface area contributed by atoms with Gasteiger partial charge in [-0.1, -0.05) is 6.07 Å². The first kappa shape index (κ1) is 24.1. The second-order valence-corrected chi connectivity index (χ2v) is 10.2. The first-order chi connectivity index (χ1) is 17.4. The van der Waals surface area contributed by atoms with Crippen LogP contribution in [0.4, 0.5) is 5.00 Å². The summed E-state index contributed by atoms with van der Waals surface area (Å²) in [4.78, 5) is 29.4. The number of nitrogens with one attached hydrogen (secondary N) is 2. The number of hydrogen-bond donors (Lipinski definition) is 2. The molecule has 188 valence electrons. The number of thiophene rings is 1. The van der Waals surface area contributed by atoms with Crippen LogP contribution in [0.3, 0.4) is 0 Å². The van der Waals surface area contributed by atoms with Gasteiger partial charge in [-0.25, -0.2) is 4.79 Å². The molecule has 2 aromatic carbocycles. The van der Waals surface area contributed by atoms with Crippen molar-refractivity contribution in [3.8, 4) is 17.2 Å². The Kier molecular flexibility index (Phi) is 6.59. The average molecular weight is 508 g/mol. The molecular weight excluding hydrogens is 478 g/mol. The monoisotopic (exact) mass is 507 g/mol. The second kappa shape index (κ2) is 9.83. The van der Waals surface area contributed by atoms with Crippen molar-refractivity contribution in [2.75, 3.05) is 26.1 Å². The van der Waals surface area contributed by atoms with Gasteiger partial charge in [0.05, 0.1) is 25.3 Å². The van der Waals surface area contributed by atoms with E-state index in [2.05, 4.69) is 29.4 Å². The van der Waals surface area contributed by atoms with E-state index in [0.717, 1.165) is 41.2 Å². The van der Waals surface area contributed by atoms with Crippen molar-refractivity contribution in [2.24, 2.45) is 0 Å². The highest BCUT2D eigenvalue weighted by Crippen LogP contribution is 2.42. The summed E-state index contributed by atoms with van der Waals surface area (Å²) in [6.07, 6.45) is 0.452. The fraction of sp³-hybridized carbons (Fsp3) is 0.333. The van der Waals surface area contributed by atoms with Crippen LogP contribution >= 0.6 is 11.3 Å². The zero-order valence-corrected chi connectivity index (χ0v) is 21.5. The fourth-order valence-electron chi connectivity index (χ4n) is 4.58. The molecule has 0 radical (unpaired) electrons. The summed E-state index contributed by atoms with van der Waals surface area (Å²) in [6.45, 7) is 6.22. The number of benzene rings is 2. The highest BCUT2D eigenvalue weighted by Gasteiger charge is 2.34. The van der Waals surface area contributed by atoms with Gasteiger partial charge >= 0.3 is 5.97 Å². The normalized spacial score (nSPS) is 17.0. The van der Waals surface area contributed by atoms with Gasteiger partial charge in [-0.05, 0) is 67.8 Å². The molecule has 0 aliphatic carbocycles. The smallest absolute Gasteiger partial charge is 0.343 e. The van der Waals surface area contributed by atoms with Gasteiger partial charge in [0.25, 0.3) is 5.91 Å². The molecular formula is C27H29N3O5S. The van der Waals surface area contributed by atoms with Gasteiger partial charge in [0.2, 0.25) is 0 Å². The predicted octanol–water partition coefficient (Wildman–Crippen LogP) is 4.61. The summed E-state index contributed by atoms with van der Waals surface area (Å²) in [5.74, 6) is 0.775. The van der Waals surface area contributed by atoms with Crippen LogP contribution in [0.15, 0.2) is 42.5 Å². The molecule has 0 saturated carbocycles. The van der Waals surface area contributed by atoms with Crippen molar-refractivity contribution in [1.29, 1.82) is 0 Å². The number of hydrogen-bond acceptors (Lipinski definition) is 8. The van der Waals surface area contributed by atoms with Gasteiger partial charge in [-0.2, -0.15) is 0 Å². The molecule has 1 unspecified atom stereocenters. The third kappa shape index (κ3) is 4.52. The number of methoxy groups -OCH3 is 2. The maximum atomic E-state index is 13.1. The predicted molar refractivity (Wildman–Crippen MR) is 138 cm³/mol. The Hall–Kier alpha value is -3.56. The van der Waals surface area contributed by atoms with Gasteiger partial charge in [-0.3, -0.25) is 9.69 Å². The number of esters is 1. The van der Waals surface area contributed by atoms with Crippen molar-refractivity contribution in [1.82, 2.24) is 10.2 Å². The summed E-state index contributed by atoms with van der Waals surface area (Å²) < 4.78 is 16.2. The molecule has 2 N–H and O–H groups in total. The number of fused-ring (bicyclic) bond motifs is 3. The van der Waals surface area contributed by atoms with Crippen LogP contribution in [0.5, 0.6) is 17.2 Å². The number of rotatable bonds is 6. The molecule has 9 heteroatoms. The maximum Gasteiger partial charge on any atom is 0.343 e. The van der Waals surface area contributed by atoms with Gasteiger partial charge in [0.1, 0.15) is 16.9 Å². The first-order valence-corrected chi connectivity index (χ1v) is 12.7. The zero-order chi connectivity index (χ0) is 25.4. The van der Waals surface area contributed by atoms with Crippen LogP contribution in [-0.4, -0.2) is 43.6 Å². The Morgan fingerprint density at radius 1 is 1.06 bits per heavy atom. The SMILES string of the molecule is COc1ccc(C(=O)Oc2ccc(C3NC(=O)c4c(sc5c4CCN(C(C)C)C5)N3)cc2OC)cc1. The Bertz CT molecular complexity index is 1300. The van der Waals surface area contributed by atoms with Crippen LogP contribution in [0.25, 0.3) is 0 Å². The quantitative estimate of drug-likeness (QED) is 0.372. The van der Waals surface area contributed by atoms with Crippen molar-refractivity contribution < 1.29 is 23.8 Å². The summed E-state index contributed by atoms with van der Waals surface area (Å²) in [5, 5.41) is 7.46. The lowest BCUT2D eigenvalue weighted by molar-refractivity contribution is 0.0729. The molecule has 36 heavy (non-hydrogen) atoms. The lowest BCUT2D eigenvalue weighted by atomic mass is 9.99. The van der Waals surface area contributed by atoms with Gasteiger partial charge in [0, 0.05) is 24.0 Å². The molecule has 0 spiro atoms. The van der Waals surface area contributed by atoms with Crippen molar-refractivity contribution in [3.05, 3.63) is 69.6 Å². The second-order valence-electron chi connectivity index (χ2n) is 9.10. The third-order valence-corrected chi connectivity index (χ3v) is 7.79. The van der Waals surface area contributed by atoms with E-state index in [1.807, 2.05) is 6.07 Å². The molecule has 3 aromatic rings. The van der Waals surface area contributed by atoms with E-state index < -0.39 is 12.1 Å². The number of anilines is 1. The van der Waals surface area contributed by atoms with Gasteiger partial charge in [0.15, 0.2) is 11.5 Å². The van der Waals surface area contributed by atoms with Crippen LogP contribution in [0, 0.1) is 0 Å². The van der Waals surface area contributed by atoms with E-state index in [1.165, 1.54) is 12.0 Å². The maximum absolute atomic E-state index is 13.1. The number of carbonyl (C=O) groups is 2. The summed E-state index contributed by atoms with van der Waals surface area (Å²) >= 11 is 1.66. The Morgan fingerprint density at radius 3 is 2.53 bits per heavy atom. The van der Waals surface area contributed by atoms with Crippen molar-refractivity contribution in [2.45, 2.75) is 39.0 Å². The molecule has 1 amide bonds. The number of ether oxygens (including phenoxy) is 3. The Morgan fingerprint density at radius 2 is 1.83 bits per heavy atom. The van der Waals surface area contributed by atoms with Crippen molar-refractivity contribution >= 4 is 28.2 Å². The molecule has 2 aliphatic heterocycles. The van der Waals surface area contributed by atoms with E-state index in [1.54, 1.807) is 54.8 Å². The molecule has 8 nitrogen and oxygen atoms in total. The summed E-state index contributed by atoms with van der Waals surface area (Å²) in [5.41, 5.74) is 3.12. The topological polar surface area (TPSA) is 89.1 Å². The minimum atomic E-state index is -0.503. The zero-order valence-electron chi connectivity index (χ0n) is 20.7. The lowest BCUT2D eigenvalue weighted by Crippen LogP contribution is -2.39. The molecule has 0 saturated heterocycles. The Balaban J connectivity index is 1.35. The summed E-state index contributed by atoms with van der Waals surface area (Å²) in [7, 11) is 3.08. The molecule has 2 aliphatic rings. The van der Waals surface area contributed by atoms with Gasteiger partial charge < -0.3 is 24.8 Å². The van der Waals surface area contributed by atoms with Crippen molar-refractivity contribution in [3.63, 3.8) is 0 Å². The molecule has 3 heterocycles. The average Bonchev–Trinajstić information content (AvgIpc) is 3.27. The standard InChI is InChI=1S/C27H29N3O5S/c1-15(2)30-12-11-19-22(14-30)36-26-23(19)25(31)28-24(29-26)17-7-10-20(21(13-17)34-4)35-27(32)16-5-8-18(33-3)9-6-16/h5-10,13,15,24,29H,11-12,14H2,1-4H3,(H,28,31). The van der Waals surface area contributed by atoms with E-state index in [9.17, 15) is 9.59 Å². The Labute approximate surface area is 214 Å². The van der Waals surface area contributed by atoms with Crippen LogP contribution in [-0.2, 0) is 13.0 Å². The fourth-order valence-corrected chi connectivity index (χ4v) is 5.88. The van der Waals surface area contributed by atoms with E-state index >= 15 is 0 Å². The number of carbonyl (C=O) groups excluding carboxylic acids is 2. The minimum absolute atomic E-state index is 0.0711. The van der Waals surface area contributed by atoms with E-state index in [0.29, 0.717) is 28.9 Å². The molecule has 1 aromatic heterocycles. The number of amides is 1. The third-order valence-electron chi connectivity index (χ3n) is 6.64. The highest BCUT2D eigenvalue weighted by molar-refractivity contribution is 7.16. The van der Waals surface area contributed by atoms with E-state index in [4.69, 9.17) is 14.2 Å². The molecule has 5 rings (SSSR count). The molecule has 0 fully saturated rings. The number of nitrogens with zero attached hydrogens (tertiary/aromatic N) is 1. The largest absolute Gasteiger partial charge is 0.497 e. The van der Waals surface area contributed by atoms with Crippen LogP contribution in [0.2, 0.25) is 0 Å². The molecule has 1 atom stereocenters. The minimum Gasteiger partial charge on any atom is -0.497 e. The summed E-state index contributed by atoms with van der Waals surface area (Å²) in [6, 6.07) is 12.4. The van der Waals surface area contributed by atoms with Crippen LogP contribution in [0.1, 0.15) is 56.7 Å². The first-order valence-electron chi connectivity index (χ1n) is 11.9. The van der Waals surface area contributed by atoms with Gasteiger partial charge in [-0.15, -0.1) is 11.3 Å². The van der Waals surface area contributed by atoms with Crippen LogP contribution < -0.4 is 24.8 Å². The lowest BCUT2D eigenvalue weighted by Gasteiger charge is -2.31.